The smallest absolute Gasteiger partial charge is 0.277 e. The maximum absolute atomic E-state index is 13.2. The summed E-state index contributed by atoms with van der Waals surface area (Å²) in [5, 5.41) is 20.8. The number of amides is 1. The number of carbonyl (C=O) groups is 1. The van der Waals surface area contributed by atoms with E-state index in [1.807, 2.05) is 0 Å². The van der Waals surface area contributed by atoms with Crippen LogP contribution in [0.1, 0.15) is 12.0 Å². The molecular formula is C19H21FN2O6S. The zero-order valence-electron chi connectivity index (χ0n) is 15.3. The maximum Gasteiger partial charge on any atom is 0.277 e. The van der Waals surface area contributed by atoms with E-state index in [9.17, 15) is 22.7 Å². The number of aliphatic hydroxyl groups is 1. The number of rotatable bonds is 6. The van der Waals surface area contributed by atoms with Gasteiger partial charge in [0.25, 0.3) is 5.91 Å². The van der Waals surface area contributed by atoms with E-state index < -0.39 is 26.6 Å². The van der Waals surface area contributed by atoms with Crippen molar-refractivity contribution in [2.45, 2.75) is 28.8 Å². The fourth-order valence-corrected chi connectivity index (χ4v) is 5.26. The number of hydroxylamine groups is 1. The van der Waals surface area contributed by atoms with Gasteiger partial charge in [0.2, 0.25) is 0 Å². The second kappa shape index (κ2) is 8.46. The second-order valence-corrected chi connectivity index (χ2v) is 8.88. The zero-order valence-corrected chi connectivity index (χ0v) is 16.2. The van der Waals surface area contributed by atoms with E-state index in [0.717, 1.165) is 0 Å². The van der Waals surface area contributed by atoms with Crippen LogP contribution in [-0.2, 0) is 21.2 Å². The standard InChI is InChI=1S/C19H21FN2O6S/c20-14-3-1-2-13(10-14)11-28-15-4-6-16(7-5-15)29(26,27)17-8-9-21-12-19(17,24)18(23)22-25/h1-7,10,17,21,24-25H,8-9,11-12H2,(H,22,23). The van der Waals surface area contributed by atoms with Gasteiger partial charge in [0, 0.05) is 6.54 Å². The molecule has 0 spiro atoms. The van der Waals surface area contributed by atoms with E-state index in [4.69, 9.17) is 9.94 Å². The van der Waals surface area contributed by atoms with Gasteiger partial charge < -0.3 is 15.2 Å². The van der Waals surface area contributed by atoms with Crippen LogP contribution in [-0.4, -0.2) is 48.6 Å². The van der Waals surface area contributed by atoms with Crippen molar-refractivity contribution < 1.29 is 32.7 Å². The summed E-state index contributed by atoms with van der Waals surface area (Å²) in [5.74, 6) is -1.19. The number of ether oxygens (including phenoxy) is 1. The van der Waals surface area contributed by atoms with Gasteiger partial charge in [-0.1, -0.05) is 12.1 Å². The first kappa shape index (κ1) is 21.2. The number of halogens is 1. The molecule has 1 aliphatic rings. The van der Waals surface area contributed by atoms with Crippen LogP contribution in [0.15, 0.2) is 53.4 Å². The van der Waals surface area contributed by atoms with E-state index in [-0.39, 0.29) is 30.3 Å². The Morgan fingerprint density at radius 3 is 2.66 bits per heavy atom. The highest BCUT2D eigenvalue weighted by Crippen LogP contribution is 2.30. The van der Waals surface area contributed by atoms with Gasteiger partial charge in [-0.2, -0.15) is 0 Å². The Hall–Kier alpha value is -2.53. The third-order valence-electron chi connectivity index (χ3n) is 4.83. The molecule has 0 radical (unpaired) electrons. The first-order valence-corrected chi connectivity index (χ1v) is 10.4. The molecule has 156 valence electrons. The number of sulfone groups is 1. The number of hydrogen-bond donors (Lipinski definition) is 4. The lowest BCUT2D eigenvalue weighted by Gasteiger charge is -2.37. The summed E-state index contributed by atoms with van der Waals surface area (Å²) in [6.07, 6.45) is -0.00985. The van der Waals surface area contributed by atoms with Crippen LogP contribution in [0.5, 0.6) is 5.75 Å². The van der Waals surface area contributed by atoms with Crippen molar-refractivity contribution in [2.75, 3.05) is 13.1 Å². The number of piperidine rings is 1. The molecule has 2 unspecified atom stereocenters. The number of hydrogen-bond acceptors (Lipinski definition) is 7. The maximum atomic E-state index is 13.2. The fraction of sp³-hybridized carbons (Fsp3) is 0.316. The topological polar surface area (TPSA) is 125 Å². The Morgan fingerprint density at radius 1 is 1.28 bits per heavy atom. The van der Waals surface area contributed by atoms with E-state index in [1.165, 1.54) is 41.9 Å². The molecule has 10 heteroatoms. The molecule has 0 saturated carbocycles. The number of carbonyl (C=O) groups excluding carboxylic acids is 1. The summed E-state index contributed by atoms with van der Waals surface area (Å²) in [7, 11) is -4.08. The summed E-state index contributed by atoms with van der Waals surface area (Å²) in [5.41, 5.74) is -0.351. The highest BCUT2D eigenvalue weighted by atomic mass is 32.2. The molecule has 0 aromatic heterocycles. The van der Waals surface area contributed by atoms with Crippen LogP contribution in [0.2, 0.25) is 0 Å². The monoisotopic (exact) mass is 424 g/mol. The zero-order chi connectivity index (χ0) is 21.1. The van der Waals surface area contributed by atoms with Crippen LogP contribution in [0.4, 0.5) is 4.39 Å². The lowest BCUT2D eigenvalue weighted by molar-refractivity contribution is -0.149. The lowest BCUT2D eigenvalue weighted by Crippen LogP contribution is -2.65. The number of nitrogens with one attached hydrogen (secondary N) is 2. The molecule has 2 atom stereocenters. The molecule has 1 fully saturated rings. The molecule has 0 bridgehead atoms. The summed E-state index contributed by atoms with van der Waals surface area (Å²) in [6, 6.07) is 11.4. The van der Waals surface area contributed by atoms with Gasteiger partial charge >= 0.3 is 0 Å². The molecule has 1 saturated heterocycles. The van der Waals surface area contributed by atoms with Crippen molar-refractivity contribution >= 4 is 15.7 Å². The summed E-state index contributed by atoms with van der Waals surface area (Å²) in [4.78, 5) is 11.8. The van der Waals surface area contributed by atoms with Crippen molar-refractivity contribution in [1.29, 1.82) is 0 Å². The van der Waals surface area contributed by atoms with Crippen molar-refractivity contribution in [3.05, 3.63) is 59.9 Å². The fourth-order valence-electron chi connectivity index (χ4n) is 3.28. The van der Waals surface area contributed by atoms with E-state index in [2.05, 4.69) is 5.32 Å². The van der Waals surface area contributed by atoms with Gasteiger partial charge in [0.05, 0.1) is 4.90 Å². The molecule has 29 heavy (non-hydrogen) atoms. The highest BCUT2D eigenvalue weighted by molar-refractivity contribution is 7.92. The van der Waals surface area contributed by atoms with Gasteiger partial charge in [0.1, 0.15) is 23.4 Å². The van der Waals surface area contributed by atoms with Gasteiger partial charge in [-0.05, 0) is 54.9 Å². The van der Waals surface area contributed by atoms with Gasteiger partial charge in [-0.25, -0.2) is 18.3 Å². The normalized spacial score (nSPS) is 22.1. The third kappa shape index (κ3) is 4.40. The Bertz CT molecular complexity index is 982. The van der Waals surface area contributed by atoms with Crippen LogP contribution >= 0.6 is 0 Å². The Balaban J connectivity index is 1.77. The van der Waals surface area contributed by atoms with Crippen LogP contribution < -0.4 is 15.5 Å². The van der Waals surface area contributed by atoms with Crippen LogP contribution in [0, 0.1) is 5.82 Å². The quantitative estimate of drug-likeness (QED) is 0.399. The molecule has 0 aliphatic carbocycles. The van der Waals surface area contributed by atoms with E-state index in [1.54, 1.807) is 12.1 Å². The highest BCUT2D eigenvalue weighted by Gasteiger charge is 2.52. The van der Waals surface area contributed by atoms with Crippen molar-refractivity contribution in [3.8, 4) is 5.75 Å². The molecular weight excluding hydrogens is 403 g/mol. The van der Waals surface area contributed by atoms with E-state index in [0.29, 0.717) is 17.9 Å². The second-order valence-electron chi connectivity index (χ2n) is 6.75. The SMILES string of the molecule is O=C(NO)C1(O)CNCCC1S(=O)(=O)c1ccc(OCc2cccc(F)c2)cc1. The van der Waals surface area contributed by atoms with Gasteiger partial charge in [0.15, 0.2) is 15.4 Å². The predicted octanol–water partition coefficient (Wildman–Crippen LogP) is 0.777. The minimum Gasteiger partial charge on any atom is -0.489 e. The van der Waals surface area contributed by atoms with Crippen LogP contribution in [0.3, 0.4) is 0 Å². The molecule has 1 aliphatic heterocycles. The summed E-state index contributed by atoms with van der Waals surface area (Å²) < 4.78 is 44.8. The van der Waals surface area contributed by atoms with Gasteiger partial charge in [-0.3, -0.25) is 10.0 Å². The van der Waals surface area contributed by atoms with Crippen molar-refractivity contribution in [1.82, 2.24) is 10.8 Å². The molecule has 1 amide bonds. The summed E-state index contributed by atoms with van der Waals surface area (Å²) in [6.45, 7) is 0.0897. The first-order chi connectivity index (χ1) is 13.8. The minimum absolute atomic E-state index is 0.00985. The Kier molecular flexibility index (Phi) is 6.18. The minimum atomic E-state index is -4.08. The molecule has 1 heterocycles. The van der Waals surface area contributed by atoms with Gasteiger partial charge in [-0.15, -0.1) is 0 Å². The van der Waals surface area contributed by atoms with Crippen LogP contribution in [0.25, 0.3) is 0 Å². The average molecular weight is 424 g/mol. The largest absolute Gasteiger partial charge is 0.489 e. The average Bonchev–Trinajstić information content (AvgIpc) is 2.72. The molecule has 3 rings (SSSR count). The van der Waals surface area contributed by atoms with Crippen molar-refractivity contribution in [2.24, 2.45) is 0 Å². The summed E-state index contributed by atoms with van der Waals surface area (Å²) >= 11 is 0. The number of β-amino-alcohol motifs (C(OH)–C–C–N with tert-alkyl or cyclic N) is 1. The Labute approximate surface area is 167 Å². The molecule has 2 aromatic carbocycles. The molecule has 2 aromatic rings. The Morgan fingerprint density at radius 2 is 2.00 bits per heavy atom. The number of benzene rings is 2. The van der Waals surface area contributed by atoms with E-state index >= 15 is 0 Å². The lowest BCUT2D eigenvalue weighted by atomic mass is 9.93. The van der Waals surface area contributed by atoms with Crippen molar-refractivity contribution in [3.63, 3.8) is 0 Å². The molecule has 8 nitrogen and oxygen atoms in total. The predicted molar refractivity (Wildman–Crippen MR) is 101 cm³/mol. The third-order valence-corrected chi connectivity index (χ3v) is 7.13. The first-order valence-electron chi connectivity index (χ1n) is 8.86. The molecule has 4 N–H and O–H groups in total.